The van der Waals surface area contributed by atoms with Crippen LogP contribution in [0.1, 0.15) is 25.5 Å². The molecule has 7 heteroatoms. The maximum Gasteiger partial charge on any atom is 0.226 e. The number of anilines is 2. The standard InChI is InChI=1S/C12H18N6O/c1-13-10-8-7-15-18(9-5-3-4-6-19-9)11(8)17-12(14-2)16-10/h7,9H,3-6H2,1-2H3,(H2,13,14,16,17). The average molecular weight is 262 g/mol. The molecule has 0 aromatic carbocycles. The van der Waals surface area contributed by atoms with Gasteiger partial charge in [-0.05, 0) is 19.3 Å². The summed E-state index contributed by atoms with van der Waals surface area (Å²) in [7, 11) is 3.65. The highest BCUT2D eigenvalue weighted by Crippen LogP contribution is 2.28. The lowest BCUT2D eigenvalue weighted by Crippen LogP contribution is -2.19. The zero-order valence-corrected chi connectivity index (χ0v) is 11.2. The Kier molecular flexibility index (Phi) is 3.20. The van der Waals surface area contributed by atoms with Crippen LogP contribution in [0.2, 0.25) is 0 Å². The van der Waals surface area contributed by atoms with E-state index in [1.165, 1.54) is 0 Å². The smallest absolute Gasteiger partial charge is 0.226 e. The lowest BCUT2D eigenvalue weighted by atomic mass is 10.2. The summed E-state index contributed by atoms with van der Waals surface area (Å²) in [5.41, 5.74) is 0.801. The minimum atomic E-state index is -0.0180. The highest BCUT2D eigenvalue weighted by molar-refractivity contribution is 5.87. The molecule has 1 aliphatic heterocycles. The molecule has 2 N–H and O–H groups in total. The first-order valence-corrected chi connectivity index (χ1v) is 6.56. The molecule has 0 spiro atoms. The van der Waals surface area contributed by atoms with Crippen LogP contribution in [-0.4, -0.2) is 40.5 Å². The average Bonchev–Trinajstić information content (AvgIpc) is 2.90. The monoisotopic (exact) mass is 262 g/mol. The van der Waals surface area contributed by atoms with Gasteiger partial charge in [0, 0.05) is 20.7 Å². The third kappa shape index (κ3) is 2.10. The van der Waals surface area contributed by atoms with Crippen molar-refractivity contribution in [2.24, 2.45) is 0 Å². The molecule has 1 aliphatic rings. The van der Waals surface area contributed by atoms with Crippen LogP contribution in [0.25, 0.3) is 11.0 Å². The number of ether oxygens (including phenoxy) is 1. The molecular weight excluding hydrogens is 244 g/mol. The van der Waals surface area contributed by atoms with E-state index in [1.54, 1.807) is 13.2 Å². The second-order valence-electron chi connectivity index (χ2n) is 4.54. The summed E-state index contributed by atoms with van der Waals surface area (Å²) in [6.07, 6.45) is 5.03. The van der Waals surface area contributed by atoms with Crippen molar-refractivity contribution in [3.05, 3.63) is 6.20 Å². The van der Waals surface area contributed by atoms with E-state index in [4.69, 9.17) is 4.74 Å². The van der Waals surface area contributed by atoms with Gasteiger partial charge in [-0.1, -0.05) is 0 Å². The number of hydrogen-bond acceptors (Lipinski definition) is 6. The van der Waals surface area contributed by atoms with Gasteiger partial charge in [-0.3, -0.25) is 0 Å². The number of nitrogens with one attached hydrogen (secondary N) is 2. The first kappa shape index (κ1) is 12.2. The minimum absolute atomic E-state index is 0.0180. The first-order chi connectivity index (χ1) is 9.33. The SMILES string of the molecule is CNc1nc(NC)c2cnn(C3CCCCO3)c2n1. The molecule has 0 bridgehead atoms. The normalized spacial score (nSPS) is 19.6. The fourth-order valence-electron chi connectivity index (χ4n) is 2.36. The van der Waals surface area contributed by atoms with Crippen molar-refractivity contribution in [1.82, 2.24) is 19.7 Å². The molecule has 7 nitrogen and oxygen atoms in total. The molecule has 0 radical (unpaired) electrons. The number of fused-ring (bicyclic) bond motifs is 1. The highest BCUT2D eigenvalue weighted by atomic mass is 16.5. The Morgan fingerprint density at radius 3 is 2.84 bits per heavy atom. The molecule has 0 amide bonds. The molecule has 3 rings (SSSR count). The molecular formula is C12H18N6O. The summed E-state index contributed by atoms with van der Waals surface area (Å²) in [6, 6.07) is 0. The van der Waals surface area contributed by atoms with Gasteiger partial charge in [0.15, 0.2) is 11.9 Å². The van der Waals surface area contributed by atoms with E-state index >= 15 is 0 Å². The third-order valence-electron chi connectivity index (χ3n) is 3.34. The van der Waals surface area contributed by atoms with Crippen molar-refractivity contribution in [2.75, 3.05) is 31.3 Å². The van der Waals surface area contributed by atoms with Gasteiger partial charge in [0.05, 0.1) is 11.6 Å². The van der Waals surface area contributed by atoms with Gasteiger partial charge >= 0.3 is 0 Å². The Morgan fingerprint density at radius 2 is 2.16 bits per heavy atom. The predicted molar refractivity (Wildman–Crippen MR) is 73.3 cm³/mol. The Balaban J connectivity index is 2.09. The molecule has 0 aliphatic carbocycles. The summed E-state index contributed by atoms with van der Waals surface area (Å²) >= 11 is 0. The van der Waals surface area contributed by atoms with Gasteiger partial charge < -0.3 is 15.4 Å². The Labute approximate surface area is 111 Å². The first-order valence-electron chi connectivity index (χ1n) is 6.56. The number of rotatable bonds is 3. The predicted octanol–water partition coefficient (Wildman–Crippen LogP) is 1.61. The van der Waals surface area contributed by atoms with E-state index in [0.29, 0.717) is 5.95 Å². The number of nitrogens with zero attached hydrogens (tertiary/aromatic N) is 4. The van der Waals surface area contributed by atoms with Crippen molar-refractivity contribution in [2.45, 2.75) is 25.5 Å². The fourth-order valence-corrected chi connectivity index (χ4v) is 2.36. The summed E-state index contributed by atoms with van der Waals surface area (Å²) in [5.74, 6) is 1.35. The van der Waals surface area contributed by atoms with E-state index in [-0.39, 0.29) is 6.23 Å². The Morgan fingerprint density at radius 1 is 1.26 bits per heavy atom. The molecule has 1 unspecified atom stereocenters. The largest absolute Gasteiger partial charge is 0.372 e. The summed E-state index contributed by atoms with van der Waals surface area (Å²) in [4.78, 5) is 8.86. The highest BCUT2D eigenvalue weighted by Gasteiger charge is 2.21. The van der Waals surface area contributed by atoms with Crippen molar-refractivity contribution in [1.29, 1.82) is 0 Å². The molecule has 2 aromatic rings. The van der Waals surface area contributed by atoms with Gasteiger partial charge in [0.25, 0.3) is 0 Å². The van der Waals surface area contributed by atoms with Gasteiger partial charge in [-0.2, -0.15) is 15.1 Å². The second kappa shape index (κ2) is 5.00. The van der Waals surface area contributed by atoms with Crippen LogP contribution in [-0.2, 0) is 4.74 Å². The molecule has 1 fully saturated rings. The molecule has 19 heavy (non-hydrogen) atoms. The van der Waals surface area contributed by atoms with Crippen LogP contribution in [0, 0.1) is 0 Å². The molecule has 3 heterocycles. The number of aromatic nitrogens is 4. The van der Waals surface area contributed by atoms with E-state index < -0.39 is 0 Å². The number of hydrogen-bond donors (Lipinski definition) is 2. The van der Waals surface area contributed by atoms with Crippen LogP contribution in [0.5, 0.6) is 0 Å². The Hall–Kier alpha value is -1.89. The van der Waals surface area contributed by atoms with Crippen LogP contribution in [0.15, 0.2) is 6.20 Å². The summed E-state index contributed by atoms with van der Waals surface area (Å²) in [5, 5.41) is 11.4. The van der Waals surface area contributed by atoms with E-state index in [9.17, 15) is 0 Å². The third-order valence-corrected chi connectivity index (χ3v) is 3.34. The van der Waals surface area contributed by atoms with Crippen LogP contribution in [0.4, 0.5) is 11.8 Å². The minimum Gasteiger partial charge on any atom is -0.372 e. The lowest BCUT2D eigenvalue weighted by Gasteiger charge is -2.23. The topological polar surface area (TPSA) is 76.9 Å². The van der Waals surface area contributed by atoms with Gasteiger partial charge in [0.1, 0.15) is 5.82 Å². The Bertz CT molecular complexity index is 575. The van der Waals surface area contributed by atoms with Crippen LogP contribution in [0.3, 0.4) is 0 Å². The van der Waals surface area contributed by atoms with Crippen molar-refractivity contribution in [3.63, 3.8) is 0 Å². The zero-order valence-electron chi connectivity index (χ0n) is 11.2. The lowest BCUT2D eigenvalue weighted by molar-refractivity contribution is -0.0370. The van der Waals surface area contributed by atoms with Gasteiger partial charge in [0.2, 0.25) is 5.95 Å². The molecule has 2 aromatic heterocycles. The van der Waals surface area contributed by atoms with Gasteiger partial charge in [-0.25, -0.2) is 4.68 Å². The molecule has 0 saturated carbocycles. The maximum absolute atomic E-state index is 5.78. The van der Waals surface area contributed by atoms with Crippen molar-refractivity contribution < 1.29 is 4.74 Å². The van der Waals surface area contributed by atoms with E-state index in [0.717, 1.165) is 42.7 Å². The van der Waals surface area contributed by atoms with Crippen LogP contribution < -0.4 is 10.6 Å². The molecule has 1 saturated heterocycles. The quantitative estimate of drug-likeness (QED) is 0.875. The molecule has 102 valence electrons. The summed E-state index contributed by atoms with van der Waals surface area (Å²) < 4.78 is 7.64. The summed E-state index contributed by atoms with van der Waals surface area (Å²) in [6.45, 7) is 0.787. The molecule has 1 atom stereocenters. The van der Waals surface area contributed by atoms with Crippen LogP contribution >= 0.6 is 0 Å². The van der Waals surface area contributed by atoms with Gasteiger partial charge in [-0.15, -0.1) is 0 Å². The van der Waals surface area contributed by atoms with E-state index in [2.05, 4.69) is 25.7 Å². The zero-order chi connectivity index (χ0) is 13.2. The fraction of sp³-hybridized carbons (Fsp3) is 0.583. The van der Waals surface area contributed by atoms with E-state index in [1.807, 2.05) is 11.7 Å². The maximum atomic E-state index is 5.78. The second-order valence-corrected chi connectivity index (χ2v) is 4.54. The van der Waals surface area contributed by atoms with Crippen molar-refractivity contribution in [3.8, 4) is 0 Å². The van der Waals surface area contributed by atoms with Crippen molar-refractivity contribution >= 4 is 22.8 Å².